The van der Waals surface area contributed by atoms with Gasteiger partial charge in [-0.05, 0) is 31.5 Å². The topological polar surface area (TPSA) is 105 Å². The van der Waals surface area contributed by atoms with Crippen molar-refractivity contribution in [3.63, 3.8) is 0 Å². The molecule has 1 fully saturated rings. The number of hydrogen-bond donors (Lipinski definition) is 2. The number of nitriles is 1. The zero-order chi connectivity index (χ0) is 14.8. The molecule has 1 aliphatic heterocycles. The van der Waals surface area contributed by atoms with Crippen LogP contribution < -0.4 is 10.5 Å². The van der Waals surface area contributed by atoms with E-state index in [-0.39, 0.29) is 22.5 Å². The van der Waals surface area contributed by atoms with E-state index in [1.807, 2.05) is 13.0 Å². The highest BCUT2D eigenvalue weighted by molar-refractivity contribution is 7.89. The molecule has 108 valence electrons. The minimum Gasteiger partial charge on any atom is -0.398 e. The number of benzene rings is 1. The van der Waals surface area contributed by atoms with E-state index in [1.165, 1.54) is 18.2 Å². The van der Waals surface area contributed by atoms with Crippen LogP contribution in [0.25, 0.3) is 0 Å². The van der Waals surface area contributed by atoms with Gasteiger partial charge in [0.2, 0.25) is 10.0 Å². The molecular weight excluding hydrogens is 278 g/mol. The lowest BCUT2D eigenvalue weighted by Crippen LogP contribution is -2.38. The molecule has 1 aliphatic rings. The van der Waals surface area contributed by atoms with Gasteiger partial charge in [0.05, 0.1) is 23.9 Å². The van der Waals surface area contributed by atoms with Crippen molar-refractivity contribution < 1.29 is 13.2 Å². The van der Waals surface area contributed by atoms with Gasteiger partial charge in [-0.25, -0.2) is 13.1 Å². The fourth-order valence-electron chi connectivity index (χ4n) is 2.21. The predicted octanol–water partition coefficient (Wildman–Crippen LogP) is 0.844. The first-order valence-electron chi connectivity index (χ1n) is 6.34. The molecule has 3 N–H and O–H groups in total. The van der Waals surface area contributed by atoms with Gasteiger partial charge in [0.15, 0.2) is 0 Å². The summed E-state index contributed by atoms with van der Waals surface area (Å²) in [6.45, 7) is 3.04. The fourth-order valence-corrected chi connectivity index (χ4v) is 3.64. The summed E-state index contributed by atoms with van der Waals surface area (Å²) in [5.41, 5.74) is 6.12. The van der Waals surface area contributed by atoms with Crippen LogP contribution in [0, 0.1) is 17.2 Å². The van der Waals surface area contributed by atoms with Crippen molar-refractivity contribution in [3.8, 4) is 6.07 Å². The SMILES string of the molecule is CC(NS(=O)(=O)c1ccc(C#N)cc1N)C1CCOC1. The van der Waals surface area contributed by atoms with Gasteiger partial charge < -0.3 is 10.5 Å². The molecule has 2 unspecified atom stereocenters. The zero-order valence-electron chi connectivity index (χ0n) is 11.2. The Labute approximate surface area is 118 Å². The molecule has 7 heteroatoms. The monoisotopic (exact) mass is 295 g/mol. The molecule has 1 aromatic carbocycles. The van der Waals surface area contributed by atoms with Gasteiger partial charge in [-0.1, -0.05) is 0 Å². The van der Waals surface area contributed by atoms with E-state index in [4.69, 9.17) is 15.7 Å². The second-order valence-corrected chi connectivity index (χ2v) is 6.58. The molecule has 0 saturated carbocycles. The summed E-state index contributed by atoms with van der Waals surface area (Å²) in [6, 6.07) is 5.85. The van der Waals surface area contributed by atoms with Gasteiger partial charge in [0.1, 0.15) is 4.90 Å². The Morgan fingerprint density at radius 3 is 2.85 bits per heavy atom. The number of nitrogens with one attached hydrogen (secondary N) is 1. The number of nitrogens with zero attached hydrogens (tertiary/aromatic N) is 1. The average Bonchev–Trinajstić information content (AvgIpc) is 2.91. The third-order valence-electron chi connectivity index (χ3n) is 3.44. The van der Waals surface area contributed by atoms with E-state index in [2.05, 4.69) is 4.72 Å². The normalized spacial score (nSPS) is 20.5. The lowest BCUT2D eigenvalue weighted by Gasteiger charge is -2.19. The smallest absolute Gasteiger partial charge is 0.242 e. The van der Waals surface area contributed by atoms with Crippen molar-refractivity contribution in [1.29, 1.82) is 5.26 Å². The predicted molar refractivity (Wildman–Crippen MR) is 74.3 cm³/mol. The highest BCUT2D eigenvalue weighted by Crippen LogP contribution is 2.22. The summed E-state index contributed by atoms with van der Waals surface area (Å²) in [6.07, 6.45) is 0.840. The second-order valence-electron chi connectivity index (χ2n) is 4.90. The minimum absolute atomic E-state index is 0.00210. The number of anilines is 1. The lowest BCUT2D eigenvalue weighted by molar-refractivity contribution is 0.180. The standard InChI is InChI=1S/C13H17N3O3S/c1-9(11-4-5-19-8-11)16-20(17,18)13-3-2-10(7-14)6-12(13)15/h2-3,6,9,11,16H,4-5,8,15H2,1H3. The Hall–Kier alpha value is -1.62. The molecule has 20 heavy (non-hydrogen) atoms. The van der Waals surface area contributed by atoms with E-state index in [9.17, 15) is 8.42 Å². The van der Waals surface area contributed by atoms with Crippen LogP contribution >= 0.6 is 0 Å². The van der Waals surface area contributed by atoms with Gasteiger partial charge in [0.25, 0.3) is 0 Å². The van der Waals surface area contributed by atoms with Crippen molar-refractivity contribution in [2.45, 2.75) is 24.3 Å². The molecule has 2 rings (SSSR count). The Kier molecular flexibility index (Phi) is 4.28. The number of nitrogens with two attached hydrogens (primary N) is 1. The van der Waals surface area contributed by atoms with Crippen molar-refractivity contribution in [2.24, 2.45) is 5.92 Å². The number of sulfonamides is 1. The quantitative estimate of drug-likeness (QED) is 0.801. The summed E-state index contributed by atoms with van der Waals surface area (Å²) < 4.78 is 32.5. The van der Waals surface area contributed by atoms with Crippen LogP contribution in [-0.2, 0) is 14.8 Å². The van der Waals surface area contributed by atoms with Crippen molar-refractivity contribution in [3.05, 3.63) is 23.8 Å². The molecular formula is C13H17N3O3S. The Balaban J connectivity index is 2.20. The molecule has 0 amide bonds. The summed E-state index contributed by atoms with van der Waals surface area (Å²) in [5.74, 6) is 0.171. The third kappa shape index (κ3) is 3.10. The average molecular weight is 295 g/mol. The van der Waals surface area contributed by atoms with E-state index in [0.717, 1.165) is 6.42 Å². The maximum Gasteiger partial charge on any atom is 0.242 e. The molecule has 1 aromatic rings. The highest BCUT2D eigenvalue weighted by Gasteiger charge is 2.27. The van der Waals surface area contributed by atoms with Gasteiger partial charge in [0, 0.05) is 18.6 Å². The molecule has 0 aromatic heterocycles. The first kappa shape index (κ1) is 14.8. The molecule has 0 aliphatic carbocycles. The van der Waals surface area contributed by atoms with Crippen LogP contribution in [0.5, 0.6) is 0 Å². The molecule has 2 atom stereocenters. The molecule has 1 saturated heterocycles. The highest BCUT2D eigenvalue weighted by atomic mass is 32.2. The van der Waals surface area contributed by atoms with E-state index in [0.29, 0.717) is 18.8 Å². The summed E-state index contributed by atoms with van der Waals surface area (Å²) in [7, 11) is -3.69. The van der Waals surface area contributed by atoms with Crippen LogP contribution in [-0.4, -0.2) is 27.7 Å². The van der Waals surface area contributed by atoms with E-state index < -0.39 is 10.0 Å². The lowest BCUT2D eigenvalue weighted by atomic mass is 10.0. The molecule has 6 nitrogen and oxygen atoms in total. The Morgan fingerprint density at radius 2 is 2.30 bits per heavy atom. The summed E-state index contributed by atoms with van der Waals surface area (Å²) in [5, 5.41) is 8.76. The van der Waals surface area contributed by atoms with Crippen LogP contribution in [0.1, 0.15) is 18.9 Å². The fraction of sp³-hybridized carbons (Fsp3) is 0.462. The second kappa shape index (κ2) is 5.79. The maximum atomic E-state index is 12.3. The van der Waals surface area contributed by atoms with Gasteiger partial charge >= 0.3 is 0 Å². The van der Waals surface area contributed by atoms with Crippen molar-refractivity contribution in [2.75, 3.05) is 18.9 Å². The molecule has 0 spiro atoms. The van der Waals surface area contributed by atoms with Crippen molar-refractivity contribution >= 4 is 15.7 Å². The molecule has 0 radical (unpaired) electrons. The van der Waals surface area contributed by atoms with E-state index in [1.54, 1.807) is 0 Å². The van der Waals surface area contributed by atoms with E-state index >= 15 is 0 Å². The van der Waals surface area contributed by atoms with Gasteiger partial charge in [-0.15, -0.1) is 0 Å². The molecule has 0 bridgehead atoms. The first-order valence-corrected chi connectivity index (χ1v) is 7.82. The number of nitrogen functional groups attached to an aromatic ring is 1. The van der Waals surface area contributed by atoms with Gasteiger partial charge in [-0.2, -0.15) is 5.26 Å². The van der Waals surface area contributed by atoms with Crippen LogP contribution in [0.2, 0.25) is 0 Å². The zero-order valence-corrected chi connectivity index (χ0v) is 12.0. The Bertz CT molecular complexity index is 631. The van der Waals surface area contributed by atoms with Crippen molar-refractivity contribution in [1.82, 2.24) is 4.72 Å². The van der Waals surface area contributed by atoms with Crippen LogP contribution in [0.4, 0.5) is 5.69 Å². The maximum absolute atomic E-state index is 12.3. The van der Waals surface area contributed by atoms with Crippen LogP contribution in [0.15, 0.2) is 23.1 Å². The summed E-state index contributed by atoms with van der Waals surface area (Å²) >= 11 is 0. The number of ether oxygens (including phenoxy) is 1. The number of hydrogen-bond acceptors (Lipinski definition) is 5. The molecule has 1 heterocycles. The third-order valence-corrected chi connectivity index (χ3v) is 5.07. The Morgan fingerprint density at radius 1 is 1.55 bits per heavy atom. The summed E-state index contributed by atoms with van der Waals surface area (Å²) in [4.78, 5) is 0.00210. The largest absolute Gasteiger partial charge is 0.398 e. The van der Waals surface area contributed by atoms with Crippen LogP contribution in [0.3, 0.4) is 0 Å². The number of rotatable bonds is 4. The minimum atomic E-state index is -3.69. The first-order chi connectivity index (χ1) is 9.44. The van der Waals surface area contributed by atoms with Gasteiger partial charge in [-0.3, -0.25) is 0 Å².